The van der Waals surface area contributed by atoms with Crippen LogP contribution >= 0.6 is 11.6 Å². The fourth-order valence-electron chi connectivity index (χ4n) is 3.61. The van der Waals surface area contributed by atoms with Crippen molar-refractivity contribution in [3.8, 4) is 5.75 Å². The van der Waals surface area contributed by atoms with E-state index in [0.717, 1.165) is 21.0 Å². The summed E-state index contributed by atoms with van der Waals surface area (Å²) in [5.74, 6) is -0.151. The molecule has 1 amide bonds. The van der Waals surface area contributed by atoms with Gasteiger partial charge in [0.25, 0.3) is 10.0 Å². The Morgan fingerprint density at radius 2 is 1.58 bits per heavy atom. The van der Waals surface area contributed by atoms with Crippen LogP contribution in [0.5, 0.6) is 5.75 Å². The maximum Gasteiger partial charge on any atom is 0.264 e. The average molecular weight is 553 g/mol. The maximum absolute atomic E-state index is 13.4. The number of nitrogens with one attached hydrogen (secondary N) is 1. The minimum atomic E-state index is -4.02. The van der Waals surface area contributed by atoms with Crippen LogP contribution in [-0.4, -0.2) is 20.9 Å². The molecule has 0 aromatic heterocycles. The predicted octanol–water partition coefficient (Wildman–Crippen LogP) is 5.88. The van der Waals surface area contributed by atoms with Crippen LogP contribution in [0.3, 0.4) is 0 Å². The van der Waals surface area contributed by atoms with Crippen molar-refractivity contribution in [1.82, 2.24) is 5.32 Å². The van der Waals surface area contributed by atoms with E-state index >= 15 is 0 Å². The number of benzene rings is 4. The Kier molecular flexibility index (Phi) is 8.66. The standard InChI is InChI=1S/C29H26ClFN2O4S/c1-21-7-14-25(17-28(21)30)33(38(35,36)27-5-3-2-4-6-27)19-29(34)32-18-22-10-15-26(16-11-22)37-20-23-8-12-24(31)13-9-23/h2-17H,18-20H2,1H3,(H,32,34). The van der Waals surface area contributed by atoms with Crippen molar-refractivity contribution in [2.75, 3.05) is 10.8 Å². The van der Waals surface area contributed by atoms with Crippen LogP contribution in [0.4, 0.5) is 10.1 Å². The molecule has 196 valence electrons. The molecule has 4 aromatic carbocycles. The second kappa shape index (κ2) is 12.1. The van der Waals surface area contributed by atoms with Crippen LogP contribution in [0.25, 0.3) is 0 Å². The highest BCUT2D eigenvalue weighted by atomic mass is 35.5. The first-order valence-corrected chi connectivity index (χ1v) is 13.6. The van der Waals surface area contributed by atoms with Gasteiger partial charge < -0.3 is 10.1 Å². The number of carbonyl (C=O) groups excluding carboxylic acids is 1. The summed E-state index contributed by atoms with van der Waals surface area (Å²) in [5.41, 5.74) is 2.74. The third-order valence-corrected chi connectivity index (χ3v) is 7.99. The summed E-state index contributed by atoms with van der Waals surface area (Å²) >= 11 is 6.26. The van der Waals surface area contributed by atoms with Crippen molar-refractivity contribution < 1.29 is 22.3 Å². The van der Waals surface area contributed by atoms with Crippen molar-refractivity contribution >= 4 is 33.2 Å². The zero-order valence-electron chi connectivity index (χ0n) is 20.6. The number of amides is 1. The fraction of sp³-hybridized carbons (Fsp3) is 0.138. The number of sulfonamides is 1. The number of hydrogen-bond donors (Lipinski definition) is 1. The van der Waals surface area contributed by atoms with Gasteiger partial charge in [-0.3, -0.25) is 9.10 Å². The molecule has 0 saturated heterocycles. The van der Waals surface area contributed by atoms with Crippen LogP contribution in [-0.2, 0) is 28.0 Å². The number of rotatable bonds is 10. The quantitative estimate of drug-likeness (QED) is 0.267. The number of aryl methyl sites for hydroxylation is 1. The molecule has 0 saturated carbocycles. The molecule has 0 spiro atoms. The molecule has 4 rings (SSSR count). The number of nitrogens with zero attached hydrogens (tertiary/aromatic N) is 1. The molecule has 6 nitrogen and oxygen atoms in total. The van der Waals surface area contributed by atoms with Gasteiger partial charge in [0.1, 0.15) is 24.7 Å². The Balaban J connectivity index is 1.41. The SMILES string of the molecule is Cc1ccc(N(CC(=O)NCc2ccc(OCc3ccc(F)cc3)cc2)S(=O)(=O)c2ccccc2)cc1Cl. The highest BCUT2D eigenvalue weighted by Gasteiger charge is 2.27. The van der Waals surface area contributed by atoms with E-state index in [1.165, 1.54) is 30.3 Å². The lowest BCUT2D eigenvalue weighted by Gasteiger charge is -2.24. The molecule has 0 bridgehead atoms. The third kappa shape index (κ3) is 6.90. The first-order chi connectivity index (χ1) is 18.2. The van der Waals surface area contributed by atoms with Crippen LogP contribution in [0.15, 0.2) is 102 Å². The van der Waals surface area contributed by atoms with E-state index in [9.17, 15) is 17.6 Å². The number of hydrogen-bond acceptors (Lipinski definition) is 4. The van der Waals surface area contributed by atoms with Crippen molar-refractivity contribution in [3.63, 3.8) is 0 Å². The maximum atomic E-state index is 13.4. The van der Waals surface area contributed by atoms with Crippen molar-refractivity contribution in [1.29, 1.82) is 0 Å². The number of halogens is 2. The highest BCUT2D eigenvalue weighted by molar-refractivity contribution is 7.92. The molecule has 0 heterocycles. The predicted molar refractivity (Wildman–Crippen MR) is 146 cm³/mol. The van der Waals surface area contributed by atoms with Gasteiger partial charge in [-0.15, -0.1) is 0 Å². The van der Waals surface area contributed by atoms with E-state index in [4.69, 9.17) is 16.3 Å². The molecular weight excluding hydrogens is 527 g/mol. The highest BCUT2D eigenvalue weighted by Crippen LogP contribution is 2.28. The van der Waals surface area contributed by atoms with E-state index in [1.54, 1.807) is 66.7 Å². The van der Waals surface area contributed by atoms with E-state index in [-0.39, 0.29) is 17.3 Å². The van der Waals surface area contributed by atoms with Gasteiger partial charge in [-0.1, -0.05) is 60.1 Å². The van der Waals surface area contributed by atoms with Gasteiger partial charge in [0.05, 0.1) is 10.6 Å². The second-order valence-electron chi connectivity index (χ2n) is 8.59. The van der Waals surface area contributed by atoms with Crippen LogP contribution in [0.1, 0.15) is 16.7 Å². The lowest BCUT2D eigenvalue weighted by Crippen LogP contribution is -2.40. The van der Waals surface area contributed by atoms with E-state index in [0.29, 0.717) is 23.1 Å². The Bertz CT molecular complexity index is 1500. The number of ether oxygens (including phenoxy) is 1. The molecule has 38 heavy (non-hydrogen) atoms. The Labute approximate surface area is 226 Å². The molecule has 0 aliphatic heterocycles. The fourth-order valence-corrected chi connectivity index (χ4v) is 5.22. The smallest absolute Gasteiger partial charge is 0.264 e. The summed E-state index contributed by atoms with van der Waals surface area (Å²) in [7, 11) is -4.02. The summed E-state index contributed by atoms with van der Waals surface area (Å²) < 4.78 is 46.7. The molecule has 9 heteroatoms. The summed E-state index contributed by atoms with van der Waals surface area (Å²) in [4.78, 5) is 12.9. The molecule has 0 aliphatic rings. The van der Waals surface area contributed by atoms with Gasteiger partial charge in [0.15, 0.2) is 0 Å². The summed E-state index contributed by atoms with van der Waals surface area (Å²) in [6.45, 7) is 1.89. The van der Waals surface area contributed by atoms with E-state index in [1.807, 2.05) is 6.92 Å². The van der Waals surface area contributed by atoms with Crippen LogP contribution < -0.4 is 14.4 Å². The lowest BCUT2D eigenvalue weighted by atomic mass is 10.2. The van der Waals surface area contributed by atoms with Gasteiger partial charge in [-0.05, 0) is 72.1 Å². The summed E-state index contributed by atoms with van der Waals surface area (Å²) in [6.07, 6.45) is 0. The first-order valence-electron chi connectivity index (χ1n) is 11.8. The van der Waals surface area contributed by atoms with E-state index < -0.39 is 22.5 Å². The number of anilines is 1. The molecule has 0 unspecified atom stereocenters. The molecule has 0 atom stereocenters. The molecule has 0 aliphatic carbocycles. The monoisotopic (exact) mass is 552 g/mol. The Morgan fingerprint density at radius 1 is 0.921 bits per heavy atom. The van der Waals surface area contributed by atoms with Crippen LogP contribution in [0.2, 0.25) is 5.02 Å². The van der Waals surface area contributed by atoms with Gasteiger partial charge in [0, 0.05) is 11.6 Å². The zero-order valence-corrected chi connectivity index (χ0v) is 22.2. The van der Waals surface area contributed by atoms with E-state index in [2.05, 4.69) is 5.32 Å². The van der Waals surface area contributed by atoms with Crippen LogP contribution in [0, 0.1) is 12.7 Å². The van der Waals surface area contributed by atoms with Crippen molar-refractivity contribution in [2.45, 2.75) is 25.0 Å². The first kappa shape index (κ1) is 27.2. The van der Waals surface area contributed by atoms with Crippen molar-refractivity contribution in [3.05, 3.63) is 125 Å². The molecular formula is C29H26ClFN2O4S. The summed E-state index contributed by atoms with van der Waals surface area (Å²) in [5, 5.41) is 3.18. The third-order valence-electron chi connectivity index (χ3n) is 5.79. The Morgan fingerprint density at radius 3 is 2.24 bits per heavy atom. The zero-order chi connectivity index (χ0) is 27.1. The minimum Gasteiger partial charge on any atom is -0.489 e. The van der Waals surface area contributed by atoms with Crippen molar-refractivity contribution in [2.24, 2.45) is 0 Å². The largest absolute Gasteiger partial charge is 0.489 e. The summed E-state index contributed by atoms with van der Waals surface area (Å²) in [6, 6.07) is 26.0. The molecule has 0 radical (unpaired) electrons. The average Bonchev–Trinajstić information content (AvgIpc) is 2.93. The van der Waals surface area contributed by atoms with Gasteiger partial charge >= 0.3 is 0 Å². The van der Waals surface area contributed by atoms with Gasteiger partial charge in [0.2, 0.25) is 5.91 Å². The molecule has 4 aromatic rings. The topological polar surface area (TPSA) is 75.7 Å². The number of carbonyl (C=O) groups is 1. The lowest BCUT2D eigenvalue weighted by molar-refractivity contribution is -0.119. The van der Waals surface area contributed by atoms with Gasteiger partial charge in [-0.2, -0.15) is 0 Å². The normalized spacial score (nSPS) is 11.1. The Hall–Kier alpha value is -3.88. The molecule has 1 N–H and O–H groups in total. The minimum absolute atomic E-state index is 0.0701. The second-order valence-corrected chi connectivity index (χ2v) is 10.9. The molecule has 0 fully saturated rings. The van der Waals surface area contributed by atoms with Gasteiger partial charge in [-0.25, -0.2) is 12.8 Å².